The highest BCUT2D eigenvalue weighted by Gasteiger charge is 2.16. The molecule has 0 spiro atoms. The number of anilines is 1. The second-order valence-electron chi connectivity index (χ2n) is 6.56. The summed E-state index contributed by atoms with van der Waals surface area (Å²) >= 11 is 0. The van der Waals surface area contributed by atoms with Crippen molar-refractivity contribution < 1.29 is 14.3 Å². The molecule has 3 N–H and O–H groups in total. The molecule has 0 aliphatic heterocycles. The molecule has 0 bridgehead atoms. The second kappa shape index (κ2) is 6.74. The van der Waals surface area contributed by atoms with Crippen LogP contribution in [0.2, 0.25) is 0 Å². The number of benzene rings is 2. The van der Waals surface area contributed by atoms with Gasteiger partial charge in [0.15, 0.2) is 0 Å². The minimum absolute atomic E-state index is 0.0432. The standard InChI is InChI=1S/C19H22N2O3/c1-19(2,3)13-6-8-14(9-7-13)21-18(23)15-11-12(17(20)22)5-10-16(15)24-4/h5-11H,1-4H3,(H2,20,22)(H,21,23). The fraction of sp³-hybridized carbons (Fsp3) is 0.263. The van der Waals surface area contributed by atoms with E-state index in [0.29, 0.717) is 11.4 Å². The van der Waals surface area contributed by atoms with E-state index >= 15 is 0 Å². The van der Waals surface area contributed by atoms with Gasteiger partial charge in [0, 0.05) is 11.3 Å². The highest BCUT2D eigenvalue weighted by molar-refractivity contribution is 6.07. The van der Waals surface area contributed by atoms with E-state index in [-0.39, 0.29) is 22.4 Å². The summed E-state index contributed by atoms with van der Waals surface area (Å²) in [5.74, 6) is -0.580. The van der Waals surface area contributed by atoms with Crippen LogP contribution >= 0.6 is 0 Å². The average Bonchev–Trinajstić information content (AvgIpc) is 2.53. The topological polar surface area (TPSA) is 81.4 Å². The van der Waals surface area contributed by atoms with Crippen molar-refractivity contribution in [2.24, 2.45) is 5.73 Å². The third kappa shape index (κ3) is 3.93. The Labute approximate surface area is 141 Å². The van der Waals surface area contributed by atoms with Gasteiger partial charge in [-0.05, 0) is 41.3 Å². The first-order valence-corrected chi connectivity index (χ1v) is 7.62. The Morgan fingerprint density at radius 2 is 1.67 bits per heavy atom. The number of amides is 2. The summed E-state index contributed by atoms with van der Waals surface area (Å²) in [6.45, 7) is 6.38. The minimum Gasteiger partial charge on any atom is -0.496 e. The van der Waals surface area contributed by atoms with Gasteiger partial charge < -0.3 is 15.8 Å². The smallest absolute Gasteiger partial charge is 0.259 e. The van der Waals surface area contributed by atoms with Gasteiger partial charge in [0.1, 0.15) is 5.75 Å². The van der Waals surface area contributed by atoms with Crippen molar-refractivity contribution in [2.75, 3.05) is 12.4 Å². The molecule has 0 atom stereocenters. The molecule has 2 amide bonds. The Kier molecular flexibility index (Phi) is 4.93. The molecule has 0 aliphatic rings. The molecular formula is C19H22N2O3. The second-order valence-corrected chi connectivity index (χ2v) is 6.56. The number of primary amides is 1. The molecule has 2 aromatic carbocycles. The number of ether oxygens (including phenoxy) is 1. The molecule has 2 rings (SSSR count). The van der Waals surface area contributed by atoms with E-state index in [2.05, 4.69) is 26.1 Å². The van der Waals surface area contributed by atoms with Gasteiger partial charge >= 0.3 is 0 Å². The molecule has 0 unspecified atom stereocenters. The number of hydrogen-bond acceptors (Lipinski definition) is 3. The first kappa shape index (κ1) is 17.5. The summed E-state index contributed by atoms with van der Waals surface area (Å²) in [5, 5.41) is 2.81. The molecule has 0 heterocycles. The highest BCUT2D eigenvalue weighted by Crippen LogP contribution is 2.25. The minimum atomic E-state index is -0.596. The van der Waals surface area contributed by atoms with Crippen LogP contribution in [0.25, 0.3) is 0 Å². The predicted molar refractivity (Wildman–Crippen MR) is 94.6 cm³/mol. The number of rotatable bonds is 4. The lowest BCUT2D eigenvalue weighted by atomic mass is 9.87. The zero-order chi connectivity index (χ0) is 17.9. The van der Waals surface area contributed by atoms with Gasteiger partial charge in [-0.2, -0.15) is 0 Å². The maximum absolute atomic E-state index is 12.5. The Morgan fingerprint density at radius 1 is 1.04 bits per heavy atom. The van der Waals surface area contributed by atoms with Crippen molar-refractivity contribution in [2.45, 2.75) is 26.2 Å². The van der Waals surface area contributed by atoms with Crippen LogP contribution in [0.15, 0.2) is 42.5 Å². The molecule has 0 saturated carbocycles. The zero-order valence-electron chi connectivity index (χ0n) is 14.3. The van der Waals surface area contributed by atoms with Gasteiger partial charge in [0.2, 0.25) is 5.91 Å². The fourth-order valence-electron chi connectivity index (χ4n) is 2.29. The average molecular weight is 326 g/mol. The van der Waals surface area contributed by atoms with Crippen molar-refractivity contribution >= 4 is 17.5 Å². The molecule has 2 aromatic rings. The summed E-state index contributed by atoms with van der Waals surface area (Å²) in [6, 6.07) is 12.2. The highest BCUT2D eigenvalue weighted by atomic mass is 16.5. The van der Waals surface area contributed by atoms with Crippen LogP contribution in [-0.2, 0) is 5.41 Å². The molecule has 0 radical (unpaired) electrons. The van der Waals surface area contributed by atoms with Crippen LogP contribution in [0.5, 0.6) is 5.75 Å². The number of carbonyl (C=O) groups is 2. The molecule has 24 heavy (non-hydrogen) atoms. The summed E-state index contributed by atoms with van der Waals surface area (Å²) in [6.07, 6.45) is 0. The largest absolute Gasteiger partial charge is 0.496 e. The predicted octanol–water partition coefficient (Wildman–Crippen LogP) is 3.34. The van der Waals surface area contributed by atoms with Gasteiger partial charge in [-0.15, -0.1) is 0 Å². The van der Waals surface area contributed by atoms with E-state index in [9.17, 15) is 9.59 Å². The summed E-state index contributed by atoms with van der Waals surface area (Å²) in [4.78, 5) is 23.8. The monoisotopic (exact) mass is 326 g/mol. The Bertz CT molecular complexity index is 759. The van der Waals surface area contributed by atoms with Crippen LogP contribution in [0.3, 0.4) is 0 Å². The SMILES string of the molecule is COc1ccc(C(N)=O)cc1C(=O)Nc1ccc(C(C)(C)C)cc1. The normalized spacial score (nSPS) is 11.0. The molecule has 126 valence electrons. The molecule has 0 aromatic heterocycles. The van der Waals surface area contributed by atoms with Crippen LogP contribution < -0.4 is 15.8 Å². The molecule has 0 saturated heterocycles. The van der Waals surface area contributed by atoms with Crippen molar-refractivity contribution in [1.82, 2.24) is 0 Å². The van der Waals surface area contributed by atoms with Crippen LogP contribution in [0.4, 0.5) is 5.69 Å². The van der Waals surface area contributed by atoms with Crippen molar-refractivity contribution in [1.29, 1.82) is 0 Å². The van der Waals surface area contributed by atoms with E-state index in [1.54, 1.807) is 6.07 Å². The maximum atomic E-state index is 12.5. The van der Waals surface area contributed by atoms with Gasteiger partial charge in [0.25, 0.3) is 5.91 Å². The third-order valence-electron chi connectivity index (χ3n) is 3.74. The van der Waals surface area contributed by atoms with E-state index < -0.39 is 5.91 Å². The molecule has 5 heteroatoms. The zero-order valence-corrected chi connectivity index (χ0v) is 14.3. The first-order chi connectivity index (χ1) is 11.2. The Balaban J connectivity index is 2.26. The van der Waals surface area contributed by atoms with Gasteiger partial charge in [-0.25, -0.2) is 0 Å². The number of methoxy groups -OCH3 is 1. The first-order valence-electron chi connectivity index (χ1n) is 7.62. The summed E-state index contributed by atoms with van der Waals surface area (Å²) < 4.78 is 5.19. The maximum Gasteiger partial charge on any atom is 0.259 e. The number of hydrogen-bond donors (Lipinski definition) is 2. The lowest BCUT2D eigenvalue weighted by Gasteiger charge is -2.19. The summed E-state index contributed by atoms with van der Waals surface area (Å²) in [7, 11) is 1.47. The number of carbonyl (C=O) groups excluding carboxylic acids is 2. The lowest BCUT2D eigenvalue weighted by molar-refractivity contribution is 0.1000. The van der Waals surface area contributed by atoms with Crippen LogP contribution in [0.1, 0.15) is 47.1 Å². The number of nitrogens with one attached hydrogen (secondary N) is 1. The quantitative estimate of drug-likeness (QED) is 0.904. The van der Waals surface area contributed by atoms with Gasteiger partial charge in [-0.3, -0.25) is 9.59 Å². The summed E-state index contributed by atoms with van der Waals surface area (Å²) in [5.41, 5.74) is 7.67. The van der Waals surface area contributed by atoms with Crippen LogP contribution in [0, 0.1) is 0 Å². The van der Waals surface area contributed by atoms with Crippen molar-refractivity contribution in [3.63, 3.8) is 0 Å². The van der Waals surface area contributed by atoms with E-state index in [1.165, 1.54) is 24.8 Å². The Hall–Kier alpha value is -2.82. The van der Waals surface area contributed by atoms with Gasteiger partial charge in [-0.1, -0.05) is 32.9 Å². The molecule has 5 nitrogen and oxygen atoms in total. The lowest BCUT2D eigenvalue weighted by Crippen LogP contribution is -2.17. The van der Waals surface area contributed by atoms with E-state index in [0.717, 1.165) is 0 Å². The molecule has 0 fully saturated rings. The van der Waals surface area contributed by atoms with Gasteiger partial charge in [0.05, 0.1) is 12.7 Å². The third-order valence-corrected chi connectivity index (χ3v) is 3.74. The van der Waals surface area contributed by atoms with Crippen LogP contribution in [-0.4, -0.2) is 18.9 Å². The van der Waals surface area contributed by atoms with Crippen molar-refractivity contribution in [3.8, 4) is 5.75 Å². The fourth-order valence-corrected chi connectivity index (χ4v) is 2.29. The van der Waals surface area contributed by atoms with Crippen molar-refractivity contribution in [3.05, 3.63) is 59.2 Å². The number of nitrogens with two attached hydrogens (primary N) is 1. The van der Waals surface area contributed by atoms with E-state index in [1.807, 2.05) is 24.3 Å². The Morgan fingerprint density at radius 3 is 2.17 bits per heavy atom. The molecule has 0 aliphatic carbocycles. The molecular weight excluding hydrogens is 304 g/mol. The van der Waals surface area contributed by atoms with E-state index in [4.69, 9.17) is 10.5 Å².